The van der Waals surface area contributed by atoms with Crippen LogP contribution in [0.15, 0.2) is 108 Å². The second-order valence-corrected chi connectivity index (χ2v) is 21.6. The Hall–Kier alpha value is -5.64. The van der Waals surface area contributed by atoms with Crippen molar-refractivity contribution in [2.24, 2.45) is 10.8 Å². The monoisotopic (exact) mass is 1040 g/mol. The van der Waals surface area contributed by atoms with Crippen molar-refractivity contribution in [2.75, 3.05) is 36.0 Å². The average molecular weight is 1050 g/mol. The molecule has 4 aliphatic heterocycles. The fourth-order valence-electron chi connectivity index (χ4n) is 9.66. The Morgan fingerprint density at radius 3 is 1.39 bits per heavy atom. The summed E-state index contributed by atoms with van der Waals surface area (Å²) in [7, 11) is 0. The number of pyridine rings is 2. The third kappa shape index (κ3) is 10.0. The number of β-lactam (4-membered cyclic amide) rings is 2. The predicted octanol–water partition coefficient (Wildman–Crippen LogP) is 12.4. The van der Waals surface area contributed by atoms with E-state index in [-0.39, 0.29) is 46.1 Å². The summed E-state index contributed by atoms with van der Waals surface area (Å²) in [6.07, 6.45) is 4.67. The zero-order chi connectivity index (χ0) is 49.6. The molecule has 4 fully saturated rings. The van der Waals surface area contributed by atoms with Gasteiger partial charge in [0.2, 0.25) is 11.8 Å². The summed E-state index contributed by atoms with van der Waals surface area (Å²) < 4.78 is 39.5. The van der Waals surface area contributed by atoms with Crippen LogP contribution in [0.25, 0.3) is 11.1 Å². The van der Waals surface area contributed by atoms with Gasteiger partial charge in [0.25, 0.3) is 0 Å². The molecule has 0 N–H and O–H groups in total. The third-order valence-corrected chi connectivity index (χ3v) is 14.1. The maximum atomic E-state index is 13.9. The first-order chi connectivity index (χ1) is 32.6. The summed E-state index contributed by atoms with van der Waals surface area (Å²) in [5.41, 5.74) is 1.96. The van der Waals surface area contributed by atoms with Crippen LogP contribution >= 0.6 is 39.1 Å². The highest BCUT2D eigenvalue weighted by Crippen LogP contribution is 2.59. The van der Waals surface area contributed by atoms with Crippen molar-refractivity contribution in [1.29, 1.82) is 0 Å². The molecule has 2 spiro atoms. The molecular formula is C52H53BrCl2F2N6O6. The molecule has 0 radical (unpaired) electrons. The first-order valence-electron chi connectivity index (χ1n) is 22.8. The van der Waals surface area contributed by atoms with E-state index in [1.54, 1.807) is 37.9 Å². The molecule has 4 aliphatic rings. The Kier molecular flexibility index (Phi) is 13.9. The van der Waals surface area contributed by atoms with Gasteiger partial charge in [0, 0.05) is 60.0 Å². The van der Waals surface area contributed by atoms with Gasteiger partial charge < -0.3 is 29.1 Å². The summed E-state index contributed by atoms with van der Waals surface area (Å²) in [5.74, 6) is -1.22. The number of amides is 4. The number of carbonyl (C=O) groups is 4. The number of hydrogen-bond acceptors (Lipinski definition) is 8. The van der Waals surface area contributed by atoms with Crippen molar-refractivity contribution in [2.45, 2.75) is 90.5 Å². The Balaban J connectivity index is 0.000000188. The van der Waals surface area contributed by atoms with Crippen molar-refractivity contribution in [3.63, 3.8) is 0 Å². The first kappa shape index (κ1) is 49.8. The average Bonchev–Trinajstić information content (AvgIpc) is 3.31. The van der Waals surface area contributed by atoms with Gasteiger partial charge in [-0.2, -0.15) is 0 Å². The second-order valence-electron chi connectivity index (χ2n) is 19.8. The molecule has 4 saturated heterocycles. The lowest BCUT2D eigenvalue weighted by Gasteiger charge is -2.58. The number of nitrogens with zero attached hydrogens (tertiary/aromatic N) is 6. The fourth-order valence-corrected chi connectivity index (χ4v) is 10.2. The summed E-state index contributed by atoms with van der Waals surface area (Å²) >= 11 is 15.5. The molecule has 17 heteroatoms. The number of rotatable bonds is 5. The number of benzene rings is 3. The Morgan fingerprint density at radius 1 is 0.609 bits per heavy atom. The van der Waals surface area contributed by atoms with Gasteiger partial charge in [-0.05, 0) is 143 Å². The number of piperidine rings is 2. The number of carbonyl (C=O) groups excluding carboxylic acids is 4. The molecule has 3 aromatic carbocycles. The van der Waals surface area contributed by atoms with Crippen molar-refractivity contribution < 1.29 is 37.4 Å². The van der Waals surface area contributed by atoms with Gasteiger partial charge in [-0.15, -0.1) is 0 Å². The zero-order valence-corrected chi connectivity index (χ0v) is 42.2. The van der Waals surface area contributed by atoms with Crippen LogP contribution in [0.5, 0.6) is 0 Å². The summed E-state index contributed by atoms with van der Waals surface area (Å²) in [4.78, 5) is 68.3. The Labute approximate surface area is 419 Å². The topological polar surface area (TPSA) is 125 Å². The number of ether oxygens (including phenoxy) is 2. The van der Waals surface area contributed by atoms with E-state index in [9.17, 15) is 28.0 Å². The molecule has 12 nitrogen and oxygen atoms in total. The highest BCUT2D eigenvalue weighted by atomic mass is 79.9. The molecule has 0 aliphatic carbocycles. The van der Waals surface area contributed by atoms with Crippen molar-refractivity contribution in [3.05, 3.63) is 141 Å². The minimum atomic E-state index is -0.722. The van der Waals surface area contributed by atoms with Crippen LogP contribution in [0.4, 0.5) is 29.7 Å². The highest BCUT2D eigenvalue weighted by Gasteiger charge is 2.64. The zero-order valence-electron chi connectivity index (χ0n) is 39.1. The molecule has 69 heavy (non-hydrogen) atoms. The van der Waals surface area contributed by atoms with Gasteiger partial charge in [0.15, 0.2) is 0 Å². The molecule has 362 valence electrons. The van der Waals surface area contributed by atoms with Crippen LogP contribution in [0, 0.1) is 22.5 Å². The smallest absolute Gasteiger partial charge is 0.410 e. The minimum absolute atomic E-state index is 0.0430. The maximum absolute atomic E-state index is 13.9. The van der Waals surface area contributed by atoms with Crippen LogP contribution in [0.2, 0.25) is 10.0 Å². The van der Waals surface area contributed by atoms with Gasteiger partial charge in [-0.3, -0.25) is 19.6 Å². The van der Waals surface area contributed by atoms with Gasteiger partial charge in [0.1, 0.15) is 22.8 Å². The van der Waals surface area contributed by atoms with E-state index in [0.29, 0.717) is 63.2 Å². The second kappa shape index (κ2) is 19.3. The molecule has 0 saturated carbocycles. The molecular weight excluding hydrogens is 993 g/mol. The number of halogens is 5. The van der Waals surface area contributed by atoms with E-state index in [4.69, 9.17) is 37.7 Å². The predicted molar refractivity (Wildman–Crippen MR) is 264 cm³/mol. The summed E-state index contributed by atoms with van der Waals surface area (Å²) in [6, 6.07) is 25.5. The summed E-state index contributed by atoms with van der Waals surface area (Å²) in [5, 5.41) is -0.0874. The number of hydrogen-bond donors (Lipinski definition) is 0. The quantitative estimate of drug-likeness (QED) is 0.159. The van der Waals surface area contributed by atoms with Crippen molar-refractivity contribution >= 4 is 74.5 Å². The normalized spacial score (nSPS) is 19.6. The molecule has 0 bridgehead atoms. The number of aromatic nitrogens is 2. The highest BCUT2D eigenvalue weighted by molar-refractivity contribution is 9.10. The third-order valence-electron chi connectivity index (χ3n) is 13.0. The number of likely N-dealkylation sites (tertiary alicyclic amines) is 2. The fraction of sp³-hybridized carbons (Fsp3) is 0.385. The SMILES string of the molecule is CC(C)(C)OC(=O)N1CCC2(CC1)C(=O)N(c1ccc(F)c(Cl)c1)C2c1ccc(-c2ccccc2)cn1.CC(C)(C)OC(=O)N1CCC2(CC1)C(=O)N(c1ccc(F)c(Cl)c1)C2c1ccc(Br)cn1. The number of anilines is 2. The van der Waals surface area contributed by atoms with Gasteiger partial charge >= 0.3 is 12.2 Å². The lowest BCUT2D eigenvalue weighted by atomic mass is 9.63. The molecule has 5 aromatic rings. The van der Waals surface area contributed by atoms with E-state index < -0.39 is 33.7 Å². The van der Waals surface area contributed by atoms with Gasteiger partial charge in [-0.25, -0.2) is 18.4 Å². The standard InChI is InChI=1S/C29H29ClFN3O3.C23H24BrClFN3O3/c1-28(2,3)37-27(36)33-15-13-29(14-16-33)25(34(26(29)35)21-10-11-23(31)22(30)17-21)24-12-9-20(18-32-24)19-7-5-4-6-8-19;1-22(2,3)32-21(31)28-10-8-23(9-11-28)19(18-7-4-14(24)13-27-18)29(20(23)30)15-5-6-17(26)16(25)12-15/h4-12,17-18,25H,13-16H2,1-3H3;4-7,12-13,19H,8-11H2,1-3H3. The van der Waals surface area contributed by atoms with Crippen LogP contribution in [0.3, 0.4) is 0 Å². The molecule has 9 rings (SSSR count). The van der Waals surface area contributed by atoms with Crippen LogP contribution in [-0.2, 0) is 19.1 Å². The van der Waals surface area contributed by atoms with Crippen molar-refractivity contribution in [3.8, 4) is 11.1 Å². The van der Waals surface area contributed by atoms with E-state index >= 15 is 0 Å². The lowest BCUT2D eigenvalue weighted by Crippen LogP contribution is -2.67. The Bertz CT molecular complexity index is 2740. The van der Waals surface area contributed by atoms with Crippen LogP contribution in [-0.4, -0.2) is 81.1 Å². The lowest BCUT2D eigenvalue weighted by molar-refractivity contribution is -0.145. The van der Waals surface area contributed by atoms with Gasteiger partial charge in [0.05, 0.1) is 44.3 Å². The molecule has 2 aromatic heterocycles. The summed E-state index contributed by atoms with van der Waals surface area (Å²) in [6.45, 7) is 12.6. The maximum Gasteiger partial charge on any atom is 0.410 e. The van der Waals surface area contributed by atoms with E-state index in [1.165, 1.54) is 24.3 Å². The van der Waals surface area contributed by atoms with Crippen molar-refractivity contribution in [1.82, 2.24) is 19.8 Å². The molecule has 4 amide bonds. The molecule has 6 heterocycles. The first-order valence-corrected chi connectivity index (χ1v) is 24.3. The van der Waals surface area contributed by atoms with E-state index in [2.05, 4.69) is 20.9 Å². The van der Waals surface area contributed by atoms with E-state index in [1.807, 2.05) is 102 Å². The van der Waals surface area contributed by atoms with E-state index in [0.717, 1.165) is 27.0 Å². The molecule has 2 atom stereocenters. The van der Waals surface area contributed by atoms with Crippen LogP contribution in [0.1, 0.15) is 90.7 Å². The van der Waals surface area contributed by atoms with Crippen LogP contribution < -0.4 is 9.80 Å². The largest absolute Gasteiger partial charge is 0.444 e. The Morgan fingerprint density at radius 2 is 1.03 bits per heavy atom. The minimum Gasteiger partial charge on any atom is -0.444 e. The molecule has 2 unspecified atom stereocenters. The van der Waals surface area contributed by atoms with Gasteiger partial charge in [-0.1, -0.05) is 59.6 Å².